The van der Waals surface area contributed by atoms with E-state index >= 15 is 0 Å². The number of rotatable bonds is 2. The zero-order valence-electron chi connectivity index (χ0n) is 11.3. The van der Waals surface area contributed by atoms with Crippen LogP contribution in [0, 0.1) is 0 Å². The van der Waals surface area contributed by atoms with E-state index in [9.17, 15) is 9.59 Å². The van der Waals surface area contributed by atoms with E-state index in [0.717, 1.165) is 0 Å². The van der Waals surface area contributed by atoms with Crippen LogP contribution in [0.4, 0.5) is 4.79 Å². The molecular weight excluding hydrogens is 280 g/mol. The van der Waals surface area contributed by atoms with Crippen LogP contribution in [0.5, 0.6) is 0 Å². The first kappa shape index (κ1) is 14.6. The highest BCUT2D eigenvalue weighted by Crippen LogP contribution is 2.16. The molecule has 0 atom stereocenters. The summed E-state index contributed by atoms with van der Waals surface area (Å²) in [5.74, 6) is -0.118. The number of hydrogen-bond donors (Lipinski definition) is 1. The Morgan fingerprint density at radius 2 is 1.95 bits per heavy atom. The number of nitrogens with one attached hydrogen (secondary N) is 1. The molecule has 2 rings (SSSR count). The normalized spacial score (nSPS) is 15.1. The Morgan fingerprint density at radius 3 is 2.55 bits per heavy atom. The monoisotopic (exact) mass is 296 g/mol. The van der Waals surface area contributed by atoms with Crippen molar-refractivity contribution in [3.63, 3.8) is 0 Å². The highest BCUT2D eigenvalue weighted by atomic mass is 35.5. The van der Waals surface area contributed by atoms with Crippen molar-refractivity contribution in [1.29, 1.82) is 0 Å². The van der Waals surface area contributed by atoms with Crippen LogP contribution in [-0.2, 0) is 0 Å². The maximum Gasteiger partial charge on any atom is 0.317 e. The van der Waals surface area contributed by atoms with Crippen LogP contribution in [0.2, 0.25) is 5.02 Å². The van der Waals surface area contributed by atoms with Gasteiger partial charge in [-0.1, -0.05) is 11.6 Å². The van der Waals surface area contributed by atoms with Gasteiger partial charge in [0.05, 0.1) is 10.6 Å². The summed E-state index contributed by atoms with van der Waals surface area (Å²) in [4.78, 5) is 31.3. The van der Waals surface area contributed by atoms with Crippen molar-refractivity contribution in [2.75, 3.05) is 32.7 Å². The minimum Gasteiger partial charge on any atom is -0.338 e. The van der Waals surface area contributed by atoms with Gasteiger partial charge in [-0.2, -0.15) is 0 Å². The topological polar surface area (TPSA) is 65.5 Å². The number of amides is 3. The Bertz CT molecular complexity index is 501. The van der Waals surface area contributed by atoms with E-state index in [4.69, 9.17) is 11.6 Å². The van der Waals surface area contributed by atoms with Crippen LogP contribution in [0.1, 0.15) is 17.3 Å². The predicted octanol–water partition coefficient (Wildman–Crippen LogP) is 1.22. The molecule has 1 aromatic rings. The second-order valence-corrected chi connectivity index (χ2v) is 4.88. The molecule has 0 unspecified atom stereocenters. The summed E-state index contributed by atoms with van der Waals surface area (Å²) in [5.41, 5.74) is 0.452. The molecule has 1 saturated heterocycles. The summed E-state index contributed by atoms with van der Waals surface area (Å²) in [6, 6.07) is 1.53. The number of piperazine rings is 1. The lowest BCUT2D eigenvalue weighted by Crippen LogP contribution is -2.53. The second-order valence-electron chi connectivity index (χ2n) is 4.47. The molecule has 0 aromatic carbocycles. The fourth-order valence-electron chi connectivity index (χ4n) is 2.09. The largest absolute Gasteiger partial charge is 0.338 e. The van der Waals surface area contributed by atoms with Gasteiger partial charge in [-0.25, -0.2) is 4.79 Å². The maximum absolute atomic E-state index is 12.3. The number of pyridine rings is 1. The number of carbonyl (C=O) groups excluding carboxylic acids is 2. The Hall–Kier alpha value is -1.82. The summed E-state index contributed by atoms with van der Waals surface area (Å²) in [6.07, 6.45) is 3.00. The average molecular weight is 297 g/mol. The van der Waals surface area contributed by atoms with Crippen LogP contribution in [-0.4, -0.2) is 59.4 Å². The lowest BCUT2D eigenvalue weighted by molar-refractivity contribution is 0.0665. The van der Waals surface area contributed by atoms with E-state index in [1.54, 1.807) is 22.1 Å². The van der Waals surface area contributed by atoms with E-state index in [0.29, 0.717) is 43.3 Å². The molecule has 1 fully saturated rings. The molecule has 6 nitrogen and oxygen atoms in total. The van der Waals surface area contributed by atoms with Gasteiger partial charge >= 0.3 is 6.03 Å². The highest BCUT2D eigenvalue weighted by Gasteiger charge is 2.25. The van der Waals surface area contributed by atoms with Crippen molar-refractivity contribution in [2.45, 2.75) is 6.92 Å². The van der Waals surface area contributed by atoms with Gasteiger partial charge in [0, 0.05) is 45.1 Å². The molecule has 0 aliphatic carbocycles. The van der Waals surface area contributed by atoms with Gasteiger partial charge in [0.15, 0.2) is 0 Å². The minimum atomic E-state index is -0.118. The summed E-state index contributed by atoms with van der Waals surface area (Å²) in [5, 5.41) is 3.10. The van der Waals surface area contributed by atoms with Crippen molar-refractivity contribution in [1.82, 2.24) is 20.1 Å². The SMILES string of the molecule is CCNC(=O)N1CCN(C(=O)c2ccncc2Cl)CC1. The second kappa shape index (κ2) is 6.56. The molecule has 3 amide bonds. The van der Waals surface area contributed by atoms with Crippen molar-refractivity contribution in [2.24, 2.45) is 0 Å². The highest BCUT2D eigenvalue weighted by molar-refractivity contribution is 6.33. The number of nitrogens with zero attached hydrogens (tertiary/aromatic N) is 3. The number of carbonyl (C=O) groups is 2. The average Bonchev–Trinajstić information content (AvgIpc) is 2.47. The van der Waals surface area contributed by atoms with Gasteiger partial charge in [0.2, 0.25) is 0 Å². The van der Waals surface area contributed by atoms with Crippen LogP contribution in [0.25, 0.3) is 0 Å². The molecule has 1 N–H and O–H groups in total. The fraction of sp³-hybridized carbons (Fsp3) is 0.462. The Balaban J connectivity index is 1.96. The fourth-order valence-corrected chi connectivity index (χ4v) is 2.29. The van der Waals surface area contributed by atoms with E-state index in [2.05, 4.69) is 10.3 Å². The summed E-state index contributed by atoms with van der Waals surface area (Å²) in [7, 11) is 0. The third kappa shape index (κ3) is 3.19. The molecule has 20 heavy (non-hydrogen) atoms. The first-order chi connectivity index (χ1) is 9.63. The summed E-state index contributed by atoms with van der Waals surface area (Å²) < 4.78 is 0. The van der Waals surface area contributed by atoms with Crippen LogP contribution < -0.4 is 5.32 Å². The maximum atomic E-state index is 12.3. The first-order valence-corrected chi connectivity index (χ1v) is 6.93. The number of hydrogen-bond acceptors (Lipinski definition) is 3. The van der Waals surface area contributed by atoms with Gasteiger partial charge in [-0.3, -0.25) is 9.78 Å². The molecule has 1 aromatic heterocycles. The first-order valence-electron chi connectivity index (χ1n) is 6.55. The van der Waals surface area contributed by atoms with Gasteiger partial charge in [0.25, 0.3) is 5.91 Å². The van der Waals surface area contributed by atoms with Gasteiger partial charge in [-0.05, 0) is 13.0 Å². The number of aromatic nitrogens is 1. The molecule has 2 heterocycles. The zero-order chi connectivity index (χ0) is 14.5. The standard InChI is InChI=1S/C13H17ClN4O2/c1-2-16-13(20)18-7-5-17(6-8-18)12(19)10-3-4-15-9-11(10)14/h3-4,9H,2,5-8H2,1H3,(H,16,20). The molecule has 1 aliphatic heterocycles. The molecule has 108 valence electrons. The third-order valence-electron chi connectivity index (χ3n) is 3.18. The lowest BCUT2D eigenvalue weighted by Gasteiger charge is -2.34. The van der Waals surface area contributed by atoms with Crippen molar-refractivity contribution in [3.8, 4) is 0 Å². The van der Waals surface area contributed by atoms with Crippen molar-refractivity contribution >= 4 is 23.5 Å². The third-order valence-corrected chi connectivity index (χ3v) is 3.49. The summed E-state index contributed by atoms with van der Waals surface area (Å²) in [6.45, 7) is 4.55. The molecular formula is C13H17ClN4O2. The lowest BCUT2D eigenvalue weighted by atomic mass is 10.2. The van der Waals surface area contributed by atoms with Crippen LogP contribution >= 0.6 is 11.6 Å². The molecule has 0 bridgehead atoms. The van der Waals surface area contributed by atoms with Gasteiger partial charge in [-0.15, -0.1) is 0 Å². The van der Waals surface area contributed by atoms with Crippen molar-refractivity contribution < 1.29 is 9.59 Å². The number of urea groups is 1. The Morgan fingerprint density at radius 1 is 1.30 bits per heavy atom. The molecule has 0 spiro atoms. The van der Waals surface area contributed by atoms with E-state index < -0.39 is 0 Å². The van der Waals surface area contributed by atoms with Gasteiger partial charge < -0.3 is 15.1 Å². The smallest absolute Gasteiger partial charge is 0.317 e. The van der Waals surface area contributed by atoms with E-state index in [-0.39, 0.29) is 11.9 Å². The van der Waals surface area contributed by atoms with E-state index in [1.165, 1.54) is 6.20 Å². The van der Waals surface area contributed by atoms with E-state index in [1.807, 2.05) is 6.92 Å². The zero-order valence-corrected chi connectivity index (χ0v) is 12.1. The quantitative estimate of drug-likeness (QED) is 0.892. The molecule has 7 heteroatoms. The molecule has 0 radical (unpaired) electrons. The Labute approximate surface area is 122 Å². The summed E-state index contributed by atoms with van der Waals surface area (Å²) >= 11 is 5.97. The Kier molecular flexibility index (Phi) is 4.79. The molecule has 0 saturated carbocycles. The molecule has 1 aliphatic rings. The minimum absolute atomic E-state index is 0.0819. The van der Waals surface area contributed by atoms with Crippen molar-refractivity contribution in [3.05, 3.63) is 29.0 Å². The number of halogens is 1. The van der Waals surface area contributed by atoms with Gasteiger partial charge in [0.1, 0.15) is 0 Å². The van der Waals surface area contributed by atoms with Crippen LogP contribution in [0.3, 0.4) is 0 Å². The predicted molar refractivity (Wildman–Crippen MR) is 75.8 cm³/mol. The van der Waals surface area contributed by atoms with Crippen LogP contribution in [0.15, 0.2) is 18.5 Å².